The summed E-state index contributed by atoms with van der Waals surface area (Å²) >= 11 is 0. The average Bonchev–Trinajstić information content (AvgIpc) is 2.40. The number of hydrogen-bond donors (Lipinski definition) is 2. The summed E-state index contributed by atoms with van der Waals surface area (Å²) in [5, 5.41) is 5.24. The number of ketones is 2. The lowest BCUT2D eigenvalue weighted by atomic mass is 9.88. The van der Waals surface area contributed by atoms with Gasteiger partial charge in [-0.15, -0.1) is 9.81 Å². The topological polar surface area (TPSA) is 145 Å². The highest BCUT2D eigenvalue weighted by molar-refractivity contribution is 6.29. The molecule has 2 rings (SSSR count). The second-order valence-corrected chi connectivity index (χ2v) is 3.52. The lowest BCUT2D eigenvalue weighted by Crippen LogP contribution is -2.30. The zero-order valence-corrected chi connectivity index (χ0v) is 8.84. The lowest BCUT2D eigenvalue weighted by Gasteiger charge is -2.17. The van der Waals surface area contributed by atoms with Crippen LogP contribution in [0.15, 0.2) is 33.9 Å². The second kappa shape index (κ2) is 3.84. The van der Waals surface area contributed by atoms with Crippen molar-refractivity contribution in [3.8, 4) is 0 Å². The van der Waals surface area contributed by atoms with Crippen LogP contribution in [-0.2, 0) is 0 Å². The molecule has 0 saturated heterocycles. The van der Waals surface area contributed by atoms with Crippen LogP contribution in [-0.4, -0.2) is 11.6 Å². The third kappa shape index (κ3) is 1.32. The first-order chi connectivity index (χ1) is 8.52. The molecule has 1 aliphatic rings. The van der Waals surface area contributed by atoms with Gasteiger partial charge < -0.3 is 11.5 Å². The molecule has 0 amide bonds. The molecule has 0 aliphatic heterocycles. The van der Waals surface area contributed by atoms with Gasteiger partial charge in [-0.25, -0.2) is 0 Å². The third-order valence-corrected chi connectivity index (χ3v) is 2.59. The van der Waals surface area contributed by atoms with Gasteiger partial charge in [-0.05, 0) is 22.5 Å². The standard InChI is InChI=1S/C10H6N4O4/c11-7-8(12)10(16)6-4(14-18)2-1-3(13-17)5(6)9(7)15/h1-2H,11-12H2. The molecule has 1 aliphatic carbocycles. The van der Waals surface area contributed by atoms with Gasteiger partial charge in [-0.2, -0.15) is 0 Å². The van der Waals surface area contributed by atoms with Crippen LogP contribution in [0.3, 0.4) is 0 Å². The van der Waals surface area contributed by atoms with Crippen molar-refractivity contribution in [2.24, 2.45) is 21.8 Å². The van der Waals surface area contributed by atoms with Crippen LogP contribution in [0.25, 0.3) is 0 Å². The normalized spacial score (nSPS) is 14.4. The fraction of sp³-hybridized carbons (Fsp3) is 0. The minimum Gasteiger partial charge on any atom is -0.394 e. The largest absolute Gasteiger partial charge is 0.394 e. The highest BCUT2D eigenvalue weighted by atomic mass is 16.3. The molecule has 90 valence electrons. The van der Waals surface area contributed by atoms with Crippen molar-refractivity contribution >= 4 is 22.9 Å². The number of rotatable bonds is 2. The summed E-state index contributed by atoms with van der Waals surface area (Å²) in [6.45, 7) is 0. The Morgan fingerprint density at radius 1 is 0.778 bits per heavy atom. The first-order valence-corrected chi connectivity index (χ1v) is 4.71. The number of fused-ring (bicyclic) bond motifs is 1. The van der Waals surface area contributed by atoms with Gasteiger partial charge in [0.1, 0.15) is 22.8 Å². The molecular weight excluding hydrogens is 240 g/mol. The number of allylic oxidation sites excluding steroid dienone is 2. The van der Waals surface area contributed by atoms with Gasteiger partial charge in [0, 0.05) is 0 Å². The summed E-state index contributed by atoms with van der Waals surface area (Å²) in [6, 6.07) is 2.23. The van der Waals surface area contributed by atoms with Gasteiger partial charge in [-0.3, -0.25) is 9.59 Å². The van der Waals surface area contributed by atoms with E-state index in [0.717, 1.165) is 12.1 Å². The summed E-state index contributed by atoms with van der Waals surface area (Å²) in [6.07, 6.45) is 0. The van der Waals surface area contributed by atoms with Crippen molar-refractivity contribution < 1.29 is 9.59 Å². The molecular formula is C10H6N4O4. The number of nitrogens with zero attached hydrogens (tertiary/aromatic N) is 2. The van der Waals surface area contributed by atoms with Crippen LogP contribution in [0.4, 0.5) is 11.4 Å². The van der Waals surface area contributed by atoms with Gasteiger partial charge in [0.2, 0.25) is 11.6 Å². The third-order valence-electron chi connectivity index (χ3n) is 2.59. The van der Waals surface area contributed by atoms with E-state index in [2.05, 4.69) is 10.4 Å². The Balaban J connectivity index is 2.91. The smallest absolute Gasteiger partial charge is 0.214 e. The molecule has 8 nitrogen and oxygen atoms in total. The maximum atomic E-state index is 11.9. The summed E-state index contributed by atoms with van der Waals surface area (Å²) in [4.78, 5) is 44.9. The summed E-state index contributed by atoms with van der Waals surface area (Å²) in [5.41, 5.74) is 8.56. The van der Waals surface area contributed by atoms with Crippen molar-refractivity contribution in [3.63, 3.8) is 0 Å². The van der Waals surface area contributed by atoms with Crippen molar-refractivity contribution in [2.75, 3.05) is 0 Å². The minimum absolute atomic E-state index is 0.286. The predicted octanol–water partition coefficient (Wildman–Crippen LogP) is 0.990. The SMILES string of the molecule is NC1=C(N)C(=O)c2c(N=O)ccc(N=O)c2C1=O. The molecule has 1 aromatic rings. The van der Waals surface area contributed by atoms with Crippen LogP contribution in [0.5, 0.6) is 0 Å². The lowest BCUT2D eigenvalue weighted by molar-refractivity contribution is 0.0973. The number of Topliss-reactive ketones (excluding diaryl/α,β-unsaturated/α-hetero) is 2. The molecule has 18 heavy (non-hydrogen) atoms. The molecule has 0 fully saturated rings. The maximum Gasteiger partial charge on any atom is 0.214 e. The van der Waals surface area contributed by atoms with E-state index >= 15 is 0 Å². The Morgan fingerprint density at radius 3 is 1.39 bits per heavy atom. The molecule has 8 heteroatoms. The Kier molecular flexibility index (Phi) is 2.47. The Morgan fingerprint density at radius 2 is 1.11 bits per heavy atom. The molecule has 0 saturated carbocycles. The first-order valence-electron chi connectivity index (χ1n) is 4.71. The zero-order valence-electron chi connectivity index (χ0n) is 8.84. The molecule has 0 aromatic heterocycles. The van der Waals surface area contributed by atoms with Gasteiger partial charge >= 0.3 is 0 Å². The summed E-state index contributed by atoms with van der Waals surface area (Å²) < 4.78 is 0. The Hall–Kier alpha value is -2.90. The monoisotopic (exact) mass is 246 g/mol. The van der Waals surface area contributed by atoms with E-state index in [0.29, 0.717) is 0 Å². The second-order valence-electron chi connectivity index (χ2n) is 3.52. The van der Waals surface area contributed by atoms with Gasteiger partial charge in [0.25, 0.3) is 0 Å². The highest BCUT2D eigenvalue weighted by Gasteiger charge is 2.34. The zero-order chi connectivity index (χ0) is 13.4. The van der Waals surface area contributed by atoms with Crippen molar-refractivity contribution in [2.45, 2.75) is 0 Å². The van der Waals surface area contributed by atoms with Crippen LogP contribution in [0.1, 0.15) is 20.7 Å². The molecule has 0 radical (unpaired) electrons. The van der Waals surface area contributed by atoms with E-state index in [1.807, 2.05) is 0 Å². The van der Waals surface area contributed by atoms with Gasteiger partial charge in [0.15, 0.2) is 0 Å². The molecule has 0 unspecified atom stereocenters. The molecule has 1 aromatic carbocycles. The summed E-state index contributed by atoms with van der Waals surface area (Å²) in [7, 11) is 0. The average molecular weight is 246 g/mol. The van der Waals surface area contributed by atoms with Crippen LogP contribution in [0.2, 0.25) is 0 Å². The molecule has 0 spiro atoms. The molecule has 0 heterocycles. The van der Waals surface area contributed by atoms with Crippen LogP contribution in [0, 0.1) is 9.81 Å². The fourth-order valence-corrected chi connectivity index (χ4v) is 1.71. The predicted molar refractivity (Wildman–Crippen MR) is 61.4 cm³/mol. The van der Waals surface area contributed by atoms with Crippen molar-refractivity contribution in [3.05, 3.63) is 44.5 Å². The van der Waals surface area contributed by atoms with Crippen LogP contribution >= 0.6 is 0 Å². The van der Waals surface area contributed by atoms with E-state index in [-0.39, 0.29) is 22.5 Å². The van der Waals surface area contributed by atoms with Crippen LogP contribution < -0.4 is 11.5 Å². The molecule has 4 N–H and O–H groups in total. The number of nitroso groups, excluding NO2 is 2. The van der Waals surface area contributed by atoms with E-state index in [4.69, 9.17) is 11.5 Å². The van der Waals surface area contributed by atoms with Crippen molar-refractivity contribution in [1.29, 1.82) is 0 Å². The summed E-state index contributed by atoms with van der Waals surface area (Å²) in [5.74, 6) is -1.63. The Bertz CT molecular complexity index is 593. The Labute approximate surface area is 99.6 Å². The quantitative estimate of drug-likeness (QED) is 0.744. The van der Waals surface area contributed by atoms with Gasteiger partial charge in [-0.1, -0.05) is 0 Å². The molecule has 0 atom stereocenters. The number of nitrogens with two attached hydrogens (primary N) is 2. The van der Waals surface area contributed by atoms with Crippen molar-refractivity contribution in [1.82, 2.24) is 0 Å². The minimum atomic E-state index is -0.817. The van der Waals surface area contributed by atoms with E-state index < -0.39 is 23.0 Å². The molecule has 0 bridgehead atoms. The fourth-order valence-electron chi connectivity index (χ4n) is 1.71. The maximum absolute atomic E-state index is 11.9. The number of carbonyl (C=O) groups is 2. The number of hydrogen-bond acceptors (Lipinski definition) is 8. The number of benzene rings is 1. The van der Waals surface area contributed by atoms with E-state index in [9.17, 15) is 19.4 Å². The van der Waals surface area contributed by atoms with E-state index in [1.165, 1.54) is 0 Å². The number of carbonyl (C=O) groups excluding carboxylic acids is 2. The highest BCUT2D eigenvalue weighted by Crippen LogP contribution is 2.36. The van der Waals surface area contributed by atoms with E-state index in [1.54, 1.807) is 0 Å². The first kappa shape index (κ1) is 11.6. The van der Waals surface area contributed by atoms with Gasteiger partial charge in [0.05, 0.1) is 11.1 Å².